The van der Waals surface area contributed by atoms with Gasteiger partial charge in [-0.15, -0.1) is 0 Å². The zero-order chi connectivity index (χ0) is 17.2. The van der Waals surface area contributed by atoms with Crippen LogP contribution in [0.15, 0.2) is 29.3 Å². The first kappa shape index (κ1) is 18.8. The van der Waals surface area contributed by atoms with Crippen LogP contribution in [0.3, 0.4) is 0 Å². The van der Waals surface area contributed by atoms with Crippen LogP contribution in [-0.4, -0.2) is 43.6 Å². The third-order valence-electron chi connectivity index (χ3n) is 4.69. The molecule has 0 aromatic heterocycles. The van der Waals surface area contributed by atoms with Gasteiger partial charge in [0.1, 0.15) is 0 Å². The molecular formula is C20H34N4. The van der Waals surface area contributed by atoms with E-state index >= 15 is 0 Å². The molecule has 2 N–H and O–H groups in total. The lowest BCUT2D eigenvalue weighted by Crippen LogP contribution is -2.43. The number of rotatable bonds is 7. The van der Waals surface area contributed by atoms with Gasteiger partial charge >= 0.3 is 0 Å². The lowest BCUT2D eigenvalue weighted by Gasteiger charge is -2.32. The number of guanidine groups is 1. The van der Waals surface area contributed by atoms with E-state index in [1.54, 1.807) is 0 Å². The van der Waals surface area contributed by atoms with E-state index < -0.39 is 0 Å². The summed E-state index contributed by atoms with van der Waals surface area (Å²) in [6, 6.07) is 8.61. The Morgan fingerprint density at radius 2 is 1.83 bits per heavy atom. The molecule has 2 rings (SSSR count). The fraction of sp³-hybridized carbons (Fsp3) is 0.650. The Kier molecular flexibility index (Phi) is 8.10. The van der Waals surface area contributed by atoms with Gasteiger partial charge in [0, 0.05) is 13.1 Å². The highest BCUT2D eigenvalue weighted by atomic mass is 15.2. The monoisotopic (exact) mass is 330 g/mol. The minimum absolute atomic E-state index is 0.727. The number of piperidine rings is 1. The number of hydrogen-bond donors (Lipinski definition) is 2. The number of likely N-dealkylation sites (tertiary alicyclic amines) is 1. The van der Waals surface area contributed by atoms with Crippen LogP contribution in [0.1, 0.15) is 44.2 Å². The van der Waals surface area contributed by atoms with Gasteiger partial charge in [-0.25, -0.2) is 4.99 Å². The average Bonchev–Trinajstić information content (AvgIpc) is 2.60. The molecular weight excluding hydrogens is 296 g/mol. The van der Waals surface area contributed by atoms with Crippen molar-refractivity contribution >= 4 is 5.96 Å². The van der Waals surface area contributed by atoms with Crippen LogP contribution in [0, 0.1) is 12.8 Å². The molecule has 0 atom stereocenters. The molecule has 1 saturated heterocycles. The van der Waals surface area contributed by atoms with E-state index in [-0.39, 0.29) is 0 Å². The van der Waals surface area contributed by atoms with Crippen molar-refractivity contribution in [1.82, 2.24) is 15.5 Å². The number of nitrogens with zero attached hydrogens (tertiary/aromatic N) is 2. The largest absolute Gasteiger partial charge is 0.357 e. The summed E-state index contributed by atoms with van der Waals surface area (Å²) in [4.78, 5) is 7.32. The molecule has 134 valence electrons. The first-order chi connectivity index (χ1) is 11.7. The van der Waals surface area contributed by atoms with Crippen molar-refractivity contribution in [3.63, 3.8) is 0 Å². The summed E-state index contributed by atoms with van der Waals surface area (Å²) in [5.41, 5.74) is 2.55. The summed E-state index contributed by atoms with van der Waals surface area (Å²) in [5.74, 6) is 1.70. The van der Waals surface area contributed by atoms with Crippen LogP contribution in [0.2, 0.25) is 0 Å². The Morgan fingerprint density at radius 3 is 2.46 bits per heavy atom. The van der Waals surface area contributed by atoms with Crippen LogP contribution in [0.5, 0.6) is 0 Å². The average molecular weight is 331 g/mol. The quantitative estimate of drug-likeness (QED) is 0.596. The number of hydrogen-bond acceptors (Lipinski definition) is 2. The summed E-state index contributed by atoms with van der Waals surface area (Å²) in [7, 11) is 0. The van der Waals surface area contributed by atoms with Gasteiger partial charge in [0.2, 0.25) is 0 Å². The molecule has 0 amide bonds. The lowest BCUT2D eigenvalue weighted by molar-refractivity contribution is 0.185. The topological polar surface area (TPSA) is 39.7 Å². The number of nitrogens with one attached hydrogen (secondary N) is 2. The van der Waals surface area contributed by atoms with Crippen LogP contribution in [-0.2, 0) is 6.54 Å². The van der Waals surface area contributed by atoms with E-state index in [9.17, 15) is 0 Å². The smallest absolute Gasteiger partial charge is 0.191 e. The fourth-order valence-electron chi connectivity index (χ4n) is 3.18. The van der Waals surface area contributed by atoms with Crippen molar-refractivity contribution in [3.05, 3.63) is 35.4 Å². The second-order valence-corrected chi connectivity index (χ2v) is 6.85. The Bertz CT molecular complexity index is 487. The minimum atomic E-state index is 0.727. The third-order valence-corrected chi connectivity index (χ3v) is 4.69. The molecule has 4 nitrogen and oxygen atoms in total. The first-order valence-corrected chi connectivity index (χ1v) is 9.51. The molecule has 1 heterocycles. The second-order valence-electron chi connectivity index (χ2n) is 6.85. The van der Waals surface area contributed by atoms with Gasteiger partial charge in [-0.3, -0.25) is 0 Å². The Hall–Kier alpha value is -1.55. The SMILES string of the molecule is CCCN1CCC(CNC(=NCc2ccc(C)cc2)NCC)CC1. The summed E-state index contributed by atoms with van der Waals surface area (Å²) in [6.07, 6.45) is 3.86. The van der Waals surface area contributed by atoms with Gasteiger partial charge in [0.15, 0.2) is 5.96 Å². The summed E-state index contributed by atoms with van der Waals surface area (Å²) in [5, 5.41) is 6.90. The van der Waals surface area contributed by atoms with Gasteiger partial charge in [-0.2, -0.15) is 0 Å². The molecule has 0 aliphatic carbocycles. The molecule has 1 aromatic carbocycles. The van der Waals surface area contributed by atoms with Crippen LogP contribution < -0.4 is 10.6 Å². The van der Waals surface area contributed by atoms with E-state index in [1.807, 2.05) is 0 Å². The predicted octanol–water partition coefficient (Wildman–Crippen LogP) is 3.17. The van der Waals surface area contributed by atoms with Gasteiger partial charge < -0.3 is 15.5 Å². The van der Waals surface area contributed by atoms with Gasteiger partial charge in [-0.05, 0) is 64.2 Å². The highest BCUT2D eigenvalue weighted by molar-refractivity contribution is 5.79. The summed E-state index contributed by atoms with van der Waals surface area (Å²) < 4.78 is 0. The molecule has 0 unspecified atom stereocenters. The Balaban J connectivity index is 1.78. The van der Waals surface area contributed by atoms with E-state index in [0.29, 0.717) is 0 Å². The molecule has 0 spiro atoms. The predicted molar refractivity (Wildman–Crippen MR) is 103 cm³/mol. The zero-order valence-electron chi connectivity index (χ0n) is 15.6. The maximum Gasteiger partial charge on any atom is 0.191 e. The molecule has 0 saturated carbocycles. The zero-order valence-corrected chi connectivity index (χ0v) is 15.6. The van der Waals surface area contributed by atoms with Crippen molar-refractivity contribution < 1.29 is 0 Å². The number of aliphatic imine (C=N–C) groups is 1. The van der Waals surface area contributed by atoms with Crippen LogP contribution in [0.4, 0.5) is 0 Å². The molecule has 1 aromatic rings. The van der Waals surface area contributed by atoms with Crippen LogP contribution >= 0.6 is 0 Å². The van der Waals surface area contributed by atoms with Crippen molar-refractivity contribution in [2.24, 2.45) is 10.9 Å². The highest BCUT2D eigenvalue weighted by Gasteiger charge is 2.18. The molecule has 1 aliphatic rings. The van der Waals surface area contributed by atoms with E-state index in [2.05, 4.69) is 60.6 Å². The first-order valence-electron chi connectivity index (χ1n) is 9.51. The summed E-state index contributed by atoms with van der Waals surface area (Å²) in [6.45, 7) is 12.9. The standard InChI is InChI=1S/C20H34N4/c1-4-12-24-13-10-19(11-14-24)16-23-20(21-5-2)22-15-18-8-6-17(3)7-9-18/h6-9,19H,4-5,10-16H2,1-3H3,(H2,21,22,23). The fourth-order valence-corrected chi connectivity index (χ4v) is 3.18. The van der Waals surface area contributed by atoms with Crippen molar-refractivity contribution in [2.45, 2.75) is 46.6 Å². The van der Waals surface area contributed by atoms with Crippen molar-refractivity contribution in [3.8, 4) is 0 Å². The maximum atomic E-state index is 4.73. The highest BCUT2D eigenvalue weighted by Crippen LogP contribution is 2.16. The number of aryl methyl sites for hydroxylation is 1. The van der Waals surface area contributed by atoms with E-state index in [4.69, 9.17) is 4.99 Å². The molecule has 24 heavy (non-hydrogen) atoms. The van der Waals surface area contributed by atoms with Gasteiger partial charge in [-0.1, -0.05) is 36.8 Å². The third kappa shape index (κ3) is 6.52. The molecule has 0 bridgehead atoms. The Labute approximate surface area is 147 Å². The second kappa shape index (κ2) is 10.3. The molecule has 1 aliphatic heterocycles. The van der Waals surface area contributed by atoms with E-state index in [1.165, 1.54) is 50.0 Å². The molecule has 1 fully saturated rings. The Morgan fingerprint density at radius 1 is 1.12 bits per heavy atom. The molecule has 0 radical (unpaired) electrons. The minimum Gasteiger partial charge on any atom is -0.357 e. The van der Waals surface area contributed by atoms with Crippen molar-refractivity contribution in [1.29, 1.82) is 0 Å². The van der Waals surface area contributed by atoms with Crippen LogP contribution in [0.25, 0.3) is 0 Å². The van der Waals surface area contributed by atoms with Gasteiger partial charge in [0.05, 0.1) is 6.54 Å². The van der Waals surface area contributed by atoms with Gasteiger partial charge in [0.25, 0.3) is 0 Å². The normalized spacial score (nSPS) is 17.0. The number of benzene rings is 1. The summed E-state index contributed by atoms with van der Waals surface area (Å²) >= 11 is 0. The van der Waals surface area contributed by atoms with Crippen molar-refractivity contribution in [2.75, 3.05) is 32.7 Å². The maximum absolute atomic E-state index is 4.73. The van der Waals surface area contributed by atoms with E-state index in [0.717, 1.165) is 31.5 Å². The molecule has 4 heteroatoms. The lowest BCUT2D eigenvalue weighted by atomic mass is 9.97.